The third-order valence-corrected chi connectivity index (χ3v) is 5.37. The van der Waals surface area contributed by atoms with Crippen LogP contribution in [0.15, 0.2) is 24.3 Å². The molecule has 1 aromatic carbocycles. The summed E-state index contributed by atoms with van der Waals surface area (Å²) in [5.41, 5.74) is 2.99. The summed E-state index contributed by atoms with van der Waals surface area (Å²) < 4.78 is 1.11. The van der Waals surface area contributed by atoms with E-state index in [2.05, 4.69) is 52.0 Å². The predicted octanol–water partition coefficient (Wildman–Crippen LogP) is 3.35. The largest absolute Gasteiger partial charge is 1.00 e. The van der Waals surface area contributed by atoms with Crippen LogP contribution in [0.4, 0.5) is 5.69 Å². The number of halogens is 1. The molecule has 0 aliphatic rings. The summed E-state index contributed by atoms with van der Waals surface area (Å²) in [5.74, 6) is 0. The number of unbranched alkanes of at least 4 members (excludes halogenated alkanes) is 6. The smallest absolute Gasteiger partial charge is 0.132 e. The Kier molecular flexibility index (Phi) is 13.2. The lowest BCUT2D eigenvalue weighted by molar-refractivity contribution is -0.00000488. The molecule has 0 radical (unpaired) electrons. The van der Waals surface area contributed by atoms with Crippen molar-refractivity contribution < 1.29 is 24.0 Å². The standard InChI is InChI=1S/C21H38N.HI/c1-5-9-10-11-12-13-14-15-20-16-18-21(19-17-20)22(6-2,7-3)8-4;/h16-19H,5-15H2,1-4H3;1H/q+1;/p-1. The highest BCUT2D eigenvalue weighted by molar-refractivity contribution is 5.44. The molecular formula is C21H38IN. The third kappa shape index (κ3) is 7.55. The van der Waals surface area contributed by atoms with Crippen LogP contribution in [-0.2, 0) is 6.42 Å². The second kappa shape index (κ2) is 13.2. The molecule has 0 saturated carbocycles. The van der Waals surface area contributed by atoms with E-state index in [1.807, 2.05) is 0 Å². The highest BCUT2D eigenvalue weighted by atomic mass is 127. The number of hydrogen-bond acceptors (Lipinski definition) is 0. The molecule has 0 unspecified atom stereocenters. The SMILES string of the molecule is CCCCCCCCCc1ccc([N+](CC)(CC)CC)cc1.[I-]. The summed E-state index contributed by atoms with van der Waals surface area (Å²) in [6.07, 6.45) is 11.0. The summed E-state index contributed by atoms with van der Waals surface area (Å²) in [5, 5.41) is 0. The van der Waals surface area contributed by atoms with Gasteiger partial charge in [-0.3, -0.25) is 4.48 Å². The summed E-state index contributed by atoms with van der Waals surface area (Å²) in [6.45, 7) is 12.8. The molecule has 0 aromatic heterocycles. The van der Waals surface area contributed by atoms with Gasteiger partial charge in [-0.25, -0.2) is 0 Å². The monoisotopic (exact) mass is 431 g/mol. The van der Waals surface area contributed by atoms with E-state index in [-0.39, 0.29) is 24.0 Å². The lowest BCUT2D eigenvalue weighted by Crippen LogP contribution is -3.00. The Morgan fingerprint density at radius 2 is 1.13 bits per heavy atom. The molecule has 0 amide bonds. The van der Waals surface area contributed by atoms with Crippen molar-refractivity contribution in [1.29, 1.82) is 0 Å². The first-order chi connectivity index (χ1) is 10.7. The van der Waals surface area contributed by atoms with Crippen LogP contribution in [0.25, 0.3) is 0 Å². The van der Waals surface area contributed by atoms with Gasteiger partial charge < -0.3 is 24.0 Å². The molecule has 0 heterocycles. The first-order valence-electron chi connectivity index (χ1n) is 9.68. The topological polar surface area (TPSA) is 0 Å². The van der Waals surface area contributed by atoms with Crippen LogP contribution < -0.4 is 28.5 Å². The van der Waals surface area contributed by atoms with E-state index in [9.17, 15) is 0 Å². The fourth-order valence-electron chi connectivity index (χ4n) is 3.48. The van der Waals surface area contributed by atoms with E-state index >= 15 is 0 Å². The molecule has 0 fully saturated rings. The summed E-state index contributed by atoms with van der Waals surface area (Å²) in [7, 11) is 0. The van der Waals surface area contributed by atoms with E-state index in [0.29, 0.717) is 0 Å². The number of nitrogens with zero attached hydrogens (tertiary/aromatic N) is 1. The van der Waals surface area contributed by atoms with Crippen LogP contribution in [-0.4, -0.2) is 19.6 Å². The molecule has 0 spiro atoms. The van der Waals surface area contributed by atoms with Crippen molar-refractivity contribution in [3.8, 4) is 0 Å². The van der Waals surface area contributed by atoms with Gasteiger partial charge in [-0.05, 0) is 51.3 Å². The maximum atomic E-state index is 2.37. The lowest BCUT2D eigenvalue weighted by atomic mass is 10.0. The van der Waals surface area contributed by atoms with Gasteiger partial charge in [-0.15, -0.1) is 0 Å². The van der Waals surface area contributed by atoms with Crippen LogP contribution in [0.2, 0.25) is 0 Å². The van der Waals surface area contributed by atoms with Crippen LogP contribution in [0.1, 0.15) is 78.2 Å². The Morgan fingerprint density at radius 1 is 0.652 bits per heavy atom. The molecule has 1 nitrogen and oxygen atoms in total. The summed E-state index contributed by atoms with van der Waals surface area (Å²) >= 11 is 0. The zero-order chi connectivity index (χ0) is 16.3. The molecule has 134 valence electrons. The zero-order valence-corrected chi connectivity index (χ0v) is 18.1. The molecule has 0 atom stereocenters. The second-order valence-electron chi connectivity index (χ2n) is 6.63. The minimum Gasteiger partial charge on any atom is -1.00 e. The molecule has 0 aliphatic heterocycles. The van der Waals surface area contributed by atoms with Gasteiger partial charge in [-0.2, -0.15) is 0 Å². The lowest BCUT2D eigenvalue weighted by Gasteiger charge is -2.35. The Balaban J connectivity index is 0.00000484. The van der Waals surface area contributed by atoms with Crippen LogP contribution in [0.5, 0.6) is 0 Å². The number of aryl methyl sites for hydroxylation is 1. The maximum Gasteiger partial charge on any atom is 0.132 e. The van der Waals surface area contributed by atoms with E-state index in [1.165, 1.54) is 82.3 Å². The Bertz CT molecular complexity index is 373. The Morgan fingerprint density at radius 3 is 1.61 bits per heavy atom. The molecule has 1 aromatic rings. The van der Waals surface area contributed by atoms with Crippen molar-refractivity contribution in [2.24, 2.45) is 0 Å². The number of hydrogen-bond donors (Lipinski definition) is 0. The molecular weight excluding hydrogens is 393 g/mol. The van der Waals surface area contributed by atoms with Crippen molar-refractivity contribution >= 4 is 5.69 Å². The van der Waals surface area contributed by atoms with Gasteiger partial charge in [0.2, 0.25) is 0 Å². The van der Waals surface area contributed by atoms with Crippen molar-refractivity contribution in [2.75, 3.05) is 19.6 Å². The van der Waals surface area contributed by atoms with Crippen molar-refractivity contribution in [2.45, 2.75) is 79.1 Å². The van der Waals surface area contributed by atoms with Gasteiger partial charge in [0.15, 0.2) is 0 Å². The van der Waals surface area contributed by atoms with E-state index < -0.39 is 0 Å². The molecule has 0 bridgehead atoms. The van der Waals surface area contributed by atoms with Crippen LogP contribution >= 0.6 is 0 Å². The normalized spacial score (nSPS) is 11.3. The Hall–Kier alpha value is -0.0900. The van der Waals surface area contributed by atoms with Gasteiger partial charge >= 0.3 is 0 Å². The van der Waals surface area contributed by atoms with Crippen molar-refractivity contribution in [1.82, 2.24) is 4.48 Å². The zero-order valence-electron chi connectivity index (χ0n) is 15.9. The van der Waals surface area contributed by atoms with Crippen molar-refractivity contribution in [3.05, 3.63) is 29.8 Å². The van der Waals surface area contributed by atoms with E-state index in [0.717, 1.165) is 4.48 Å². The van der Waals surface area contributed by atoms with Gasteiger partial charge in [0.1, 0.15) is 5.69 Å². The summed E-state index contributed by atoms with van der Waals surface area (Å²) in [4.78, 5) is 0. The fraction of sp³-hybridized carbons (Fsp3) is 0.714. The Labute approximate surface area is 162 Å². The highest BCUT2D eigenvalue weighted by Gasteiger charge is 2.23. The number of benzene rings is 1. The van der Waals surface area contributed by atoms with Gasteiger partial charge in [0, 0.05) is 0 Å². The third-order valence-electron chi connectivity index (χ3n) is 5.37. The van der Waals surface area contributed by atoms with Crippen LogP contribution in [0, 0.1) is 0 Å². The highest BCUT2D eigenvalue weighted by Crippen LogP contribution is 2.23. The van der Waals surface area contributed by atoms with E-state index in [1.54, 1.807) is 0 Å². The molecule has 2 heteroatoms. The minimum atomic E-state index is 0. The van der Waals surface area contributed by atoms with Gasteiger partial charge in [0.05, 0.1) is 19.6 Å². The maximum absolute atomic E-state index is 2.37. The first-order valence-corrected chi connectivity index (χ1v) is 9.68. The quantitative estimate of drug-likeness (QED) is 0.271. The molecule has 1 rings (SSSR count). The fourth-order valence-corrected chi connectivity index (χ4v) is 3.48. The molecule has 23 heavy (non-hydrogen) atoms. The number of rotatable bonds is 12. The average Bonchev–Trinajstić information content (AvgIpc) is 2.57. The van der Waals surface area contributed by atoms with Crippen LogP contribution in [0.3, 0.4) is 0 Å². The van der Waals surface area contributed by atoms with Crippen molar-refractivity contribution in [3.63, 3.8) is 0 Å². The molecule has 0 N–H and O–H groups in total. The van der Waals surface area contributed by atoms with E-state index in [4.69, 9.17) is 0 Å². The minimum absolute atomic E-state index is 0. The summed E-state index contributed by atoms with van der Waals surface area (Å²) in [6, 6.07) is 9.46. The second-order valence-corrected chi connectivity index (χ2v) is 6.63. The van der Waals surface area contributed by atoms with Gasteiger partial charge in [-0.1, -0.05) is 57.6 Å². The molecule has 0 saturated heterocycles. The predicted molar refractivity (Wildman–Crippen MR) is 102 cm³/mol. The van der Waals surface area contributed by atoms with Gasteiger partial charge in [0.25, 0.3) is 0 Å². The average molecular weight is 431 g/mol. The number of quaternary nitrogens is 1. The molecule has 0 aliphatic carbocycles. The first kappa shape index (κ1) is 22.9.